The van der Waals surface area contributed by atoms with E-state index in [4.69, 9.17) is 5.26 Å². The first-order valence-electron chi connectivity index (χ1n) is 6.03. The van der Waals surface area contributed by atoms with Crippen LogP contribution >= 0.6 is 11.8 Å². The summed E-state index contributed by atoms with van der Waals surface area (Å²) in [7, 11) is 0. The van der Waals surface area contributed by atoms with E-state index in [1.54, 1.807) is 12.3 Å². The van der Waals surface area contributed by atoms with Crippen LogP contribution in [-0.2, 0) is 0 Å². The summed E-state index contributed by atoms with van der Waals surface area (Å²) in [6.07, 6.45) is 1.61. The van der Waals surface area contributed by atoms with Gasteiger partial charge in [0.05, 0.1) is 0 Å². The fourth-order valence-corrected chi connectivity index (χ4v) is 3.02. The third-order valence-electron chi connectivity index (χ3n) is 2.96. The van der Waals surface area contributed by atoms with E-state index in [0.717, 1.165) is 20.6 Å². The average molecular weight is 278 g/mol. The minimum atomic E-state index is 0.261. The smallest absolute Gasteiger partial charge is 0.154 e. The second-order valence-corrected chi connectivity index (χ2v) is 5.28. The Morgan fingerprint density at radius 2 is 1.75 bits per heavy atom. The van der Waals surface area contributed by atoms with Crippen molar-refractivity contribution in [3.8, 4) is 11.8 Å². The Morgan fingerprint density at radius 1 is 0.950 bits per heavy atom. The van der Waals surface area contributed by atoms with Gasteiger partial charge in [-0.05, 0) is 29.7 Å². The van der Waals surface area contributed by atoms with E-state index >= 15 is 0 Å². The Bertz CT molecular complexity index is 824. The lowest BCUT2D eigenvalue weighted by Gasteiger charge is -2.08. The molecular formula is C16H10N2OS. The number of nitrogens with zero attached hydrogens (tertiary/aromatic N) is 2. The normalized spacial score (nSPS) is 10.3. The Labute approximate surface area is 120 Å². The van der Waals surface area contributed by atoms with Gasteiger partial charge in [-0.3, -0.25) is 0 Å². The third kappa shape index (κ3) is 2.20. The Kier molecular flexibility index (Phi) is 3.28. The molecule has 0 aliphatic rings. The van der Waals surface area contributed by atoms with Gasteiger partial charge in [0.25, 0.3) is 0 Å². The van der Waals surface area contributed by atoms with Crippen molar-refractivity contribution in [2.45, 2.75) is 9.79 Å². The molecule has 3 aromatic rings. The van der Waals surface area contributed by atoms with Gasteiger partial charge in [0.15, 0.2) is 5.69 Å². The highest BCUT2D eigenvalue weighted by Gasteiger charge is 2.09. The molecule has 0 aliphatic heterocycles. The molecule has 1 aromatic heterocycles. The first-order valence-corrected chi connectivity index (χ1v) is 6.85. The molecule has 1 heterocycles. The SMILES string of the molecule is N#Cc1ncccc1Sc1ccc(O)c2ccccc12. The molecule has 2 aromatic carbocycles. The maximum Gasteiger partial charge on any atom is 0.154 e. The summed E-state index contributed by atoms with van der Waals surface area (Å²) in [5.41, 5.74) is 0.412. The van der Waals surface area contributed by atoms with Gasteiger partial charge < -0.3 is 5.11 Å². The predicted molar refractivity (Wildman–Crippen MR) is 78.7 cm³/mol. The summed E-state index contributed by atoms with van der Waals surface area (Å²) in [4.78, 5) is 5.86. The molecule has 3 rings (SSSR count). The summed E-state index contributed by atoms with van der Waals surface area (Å²) in [5, 5.41) is 20.7. The summed E-state index contributed by atoms with van der Waals surface area (Å²) in [5.74, 6) is 0.261. The van der Waals surface area contributed by atoms with Crippen molar-refractivity contribution in [1.82, 2.24) is 4.98 Å². The van der Waals surface area contributed by atoms with Crippen LogP contribution in [0.15, 0.2) is 64.5 Å². The van der Waals surface area contributed by atoms with Gasteiger partial charge in [-0.1, -0.05) is 36.0 Å². The molecule has 0 bridgehead atoms. The molecule has 20 heavy (non-hydrogen) atoms. The number of hydrogen-bond acceptors (Lipinski definition) is 4. The van der Waals surface area contributed by atoms with Gasteiger partial charge in [0.1, 0.15) is 11.8 Å². The van der Waals surface area contributed by atoms with Crippen LogP contribution in [0.1, 0.15) is 5.69 Å². The Morgan fingerprint density at radius 3 is 2.55 bits per heavy atom. The van der Waals surface area contributed by atoms with E-state index in [9.17, 15) is 5.11 Å². The summed E-state index contributed by atoms with van der Waals surface area (Å²) in [6.45, 7) is 0. The van der Waals surface area contributed by atoms with E-state index in [0.29, 0.717) is 5.69 Å². The highest BCUT2D eigenvalue weighted by molar-refractivity contribution is 7.99. The lowest BCUT2D eigenvalue weighted by Crippen LogP contribution is -1.86. The van der Waals surface area contributed by atoms with E-state index < -0.39 is 0 Å². The van der Waals surface area contributed by atoms with Gasteiger partial charge in [0, 0.05) is 21.4 Å². The Balaban J connectivity index is 2.12. The van der Waals surface area contributed by atoms with E-state index in [1.807, 2.05) is 42.5 Å². The number of phenolic OH excluding ortho intramolecular Hbond substituents is 1. The molecule has 96 valence electrons. The molecule has 0 radical (unpaired) electrons. The molecule has 0 saturated heterocycles. The molecule has 0 spiro atoms. The van der Waals surface area contributed by atoms with Crippen LogP contribution in [0, 0.1) is 11.3 Å². The van der Waals surface area contributed by atoms with E-state index in [-0.39, 0.29) is 5.75 Å². The number of hydrogen-bond donors (Lipinski definition) is 1. The largest absolute Gasteiger partial charge is 0.507 e. The van der Waals surface area contributed by atoms with Crippen molar-refractivity contribution in [2.75, 3.05) is 0 Å². The highest BCUT2D eigenvalue weighted by Crippen LogP contribution is 2.37. The molecule has 0 unspecified atom stereocenters. The zero-order chi connectivity index (χ0) is 13.9. The van der Waals surface area contributed by atoms with Crippen molar-refractivity contribution in [2.24, 2.45) is 0 Å². The van der Waals surface area contributed by atoms with Crippen LogP contribution in [-0.4, -0.2) is 10.1 Å². The molecule has 0 atom stereocenters. The molecule has 1 N–H and O–H groups in total. The summed E-state index contributed by atoms with van der Waals surface area (Å²) < 4.78 is 0. The number of aromatic hydroxyl groups is 1. The van der Waals surface area contributed by atoms with Crippen LogP contribution in [0.2, 0.25) is 0 Å². The van der Waals surface area contributed by atoms with Crippen LogP contribution in [0.3, 0.4) is 0 Å². The van der Waals surface area contributed by atoms with Gasteiger partial charge in [-0.15, -0.1) is 0 Å². The first kappa shape index (κ1) is 12.5. The number of nitriles is 1. The van der Waals surface area contributed by atoms with Gasteiger partial charge in [-0.25, -0.2) is 4.98 Å². The fourth-order valence-electron chi connectivity index (χ4n) is 2.02. The van der Waals surface area contributed by atoms with E-state index in [1.165, 1.54) is 11.8 Å². The zero-order valence-electron chi connectivity index (χ0n) is 10.4. The van der Waals surface area contributed by atoms with Crippen LogP contribution in [0.25, 0.3) is 10.8 Å². The second kappa shape index (κ2) is 5.24. The number of benzene rings is 2. The minimum Gasteiger partial charge on any atom is -0.507 e. The highest BCUT2D eigenvalue weighted by atomic mass is 32.2. The molecule has 0 amide bonds. The third-order valence-corrected chi connectivity index (χ3v) is 4.08. The molecule has 3 nitrogen and oxygen atoms in total. The molecule has 0 saturated carbocycles. The topological polar surface area (TPSA) is 56.9 Å². The van der Waals surface area contributed by atoms with Crippen molar-refractivity contribution < 1.29 is 5.11 Å². The number of aromatic nitrogens is 1. The summed E-state index contributed by atoms with van der Waals surface area (Å²) >= 11 is 1.48. The van der Waals surface area contributed by atoms with Crippen molar-refractivity contribution >= 4 is 22.5 Å². The second-order valence-electron chi connectivity index (χ2n) is 4.19. The molecular weight excluding hydrogens is 268 g/mol. The number of rotatable bonds is 2. The quantitative estimate of drug-likeness (QED) is 0.770. The molecule has 0 aliphatic carbocycles. The molecule has 4 heteroatoms. The Hall–Kier alpha value is -2.51. The first-order chi connectivity index (χ1) is 9.79. The number of phenols is 1. The lowest BCUT2D eigenvalue weighted by atomic mass is 10.1. The lowest BCUT2D eigenvalue weighted by molar-refractivity contribution is 0.481. The standard InChI is InChI=1S/C16H10N2OS/c17-10-13-16(6-3-9-18-13)20-15-8-7-14(19)11-4-1-2-5-12(11)15/h1-9,19H. The van der Waals surface area contributed by atoms with E-state index in [2.05, 4.69) is 11.1 Å². The van der Waals surface area contributed by atoms with Crippen molar-refractivity contribution in [3.63, 3.8) is 0 Å². The van der Waals surface area contributed by atoms with Gasteiger partial charge in [0.2, 0.25) is 0 Å². The monoisotopic (exact) mass is 278 g/mol. The average Bonchev–Trinajstić information content (AvgIpc) is 2.51. The van der Waals surface area contributed by atoms with Crippen LogP contribution in [0.4, 0.5) is 0 Å². The van der Waals surface area contributed by atoms with Crippen LogP contribution < -0.4 is 0 Å². The predicted octanol–water partition coefficient (Wildman–Crippen LogP) is 3.96. The minimum absolute atomic E-state index is 0.261. The van der Waals surface area contributed by atoms with Crippen molar-refractivity contribution in [3.05, 3.63) is 60.4 Å². The fraction of sp³-hybridized carbons (Fsp3) is 0. The van der Waals surface area contributed by atoms with Crippen LogP contribution in [0.5, 0.6) is 5.75 Å². The molecule has 0 fully saturated rings. The zero-order valence-corrected chi connectivity index (χ0v) is 11.3. The summed E-state index contributed by atoms with van der Waals surface area (Å²) in [6, 6.07) is 17.0. The van der Waals surface area contributed by atoms with Crippen molar-refractivity contribution in [1.29, 1.82) is 5.26 Å². The number of pyridine rings is 1. The maximum atomic E-state index is 9.89. The maximum absolute atomic E-state index is 9.89. The van der Waals surface area contributed by atoms with Gasteiger partial charge >= 0.3 is 0 Å². The van der Waals surface area contributed by atoms with Gasteiger partial charge in [-0.2, -0.15) is 5.26 Å². The number of fused-ring (bicyclic) bond motifs is 1.